The van der Waals surface area contributed by atoms with Crippen molar-refractivity contribution in [1.29, 1.82) is 0 Å². The normalized spacial score (nSPS) is 18.5. The molecule has 1 N–H and O–H groups in total. The summed E-state index contributed by atoms with van der Waals surface area (Å²) < 4.78 is 11.3. The topological polar surface area (TPSA) is 55.8 Å². The van der Waals surface area contributed by atoms with Crippen LogP contribution in [0.4, 0.5) is 0 Å². The van der Waals surface area contributed by atoms with E-state index in [4.69, 9.17) is 20.8 Å². The van der Waals surface area contributed by atoms with Crippen molar-refractivity contribution in [3.8, 4) is 0 Å². The van der Waals surface area contributed by atoms with Crippen LogP contribution in [0.2, 0.25) is 18.1 Å². The zero-order valence-corrected chi connectivity index (χ0v) is 15.9. The van der Waals surface area contributed by atoms with Crippen LogP contribution < -0.4 is 0 Å². The fraction of sp³-hybridized carbons (Fsp3) is 0.800. The monoisotopic (exact) mass is 336 g/mol. The summed E-state index contributed by atoms with van der Waals surface area (Å²) in [6, 6.07) is 0. The van der Waals surface area contributed by atoms with Gasteiger partial charge in [0, 0.05) is 6.92 Å². The summed E-state index contributed by atoms with van der Waals surface area (Å²) in [6.07, 6.45) is -1.12. The Morgan fingerprint density at radius 2 is 1.86 bits per heavy atom. The van der Waals surface area contributed by atoms with E-state index in [-0.39, 0.29) is 5.04 Å². The number of alkyl halides is 1. The zero-order chi connectivity index (χ0) is 17.0. The number of ether oxygens (including phenoxy) is 1. The van der Waals surface area contributed by atoms with E-state index in [0.29, 0.717) is 0 Å². The van der Waals surface area contributed by atoms with E-state index in [0.717, 1.165) is 0 Å². The smallest absolute Gasteiger partial charge is 0.303 e. The van der Waals surface area contributed by atoms with Gasteiger partial charge in [-0.1, -0.05) is 27.4 Å². The molecule has 0 aromatic carbocycles. The molecule has 0 saturated carbocycles. The van der Waals surface area contributed by atoms with Gasteiger partial charge in [-0.15, -0.1) is 11.6 Å². The summed E-state index contributed by atoms with van der Waals surface area (Å²) in [5.41, 5.74) is 0. The zero-order valence-electron chi connectivity index (χ0n) is 14.1. The lowest BCUT2D eigenvalue weighted by Gasteiger charge is -2.42. The third kappa shape index (κ3) is 6.10. The number of aliphatic hydroxyl groups excluding tert-OH is 1. The highest BCUT2D eigenvalue weighted by molar-refractivity contribution is 6.74. The fourth-order valence-corrected chi connectivity index (χ4v) is 3.25. The average Bonchev–Trinajstić information content (AvgIpc) is 2.30. The van der Waals surface area contributed by atoms with E-state index in [9.17, 15) is 9.90 Å². The Labute approximate surface area is 134 Å². The van der Waals surface area contributed by atoms with Crippen LogP contribution in [-0.2, 0) is 14.0 Å². The van der Waals surface area contributed by atoms with Gasteiger partial charge in [-0.3, -0.25) is 4.79 Å². The first-order chi connectivity index (χ1) is 9.33. The van der Waals surface area contributed by atoms with E-state index < -0.39 is 38.0 Å². The maximum atomic E-state index is 11.1. The molecule has 0 rings (SSSR count). The average molecular weight is 337 g/mol. The molecule has 0 amide bonds. The minimum Gasteiger partial charge on any atom is -0.455 e. The van der Waals surface area contributed by atoms with Crippen LogP contribution in [0.15, 0.2) is 12.7 Å². The number of hydrogen-bond acceptors (Lipinski definition) is 4. The molecule has 0 heterocycles. The van der Waals surface area contributed by atoms with Gasteiger partial charge in [0.2, 0.25) is 0 Å². The molecule has 0 aliphatic heterocycles. The van der Waals surface area contributed by atoms with Gasteiger partial charge in [0.1, 0.15) is 12.2 Å². The van der Waals surface area contributed by atoms with Crippen molar-refractivity contribution in [2.75, 3.05) is 0 Å². The van der Waals surface area contributed by atoms with Crippen LogP contribution in [0.25, 0.3) is 0 Å². The van der Waals surface area contributed by atoms with Gasteiger partial charge in [-0.25, -0.2) is 0 Å². The number of rotatable bonds is 7. The third-order valence-electron chi connectivity index (χ3n) is 3.90. The highest BCUT2D eigenvalue weighted by atomic mass is 35.5. The molecule has 21 heavy (non-hydrogen) atoms. The van der Waals surface area contributed by atoms with Crippen molar-refractivity contribution >= 4 is 25.9 Å². The van der Waals surface area contributed by atoms with E-state index in [1.54, 1.807) is 6.92 Å². The van der Waals surface area contributed by atoms with Gasteiger partial charge in [-0.2, -0.15) is 0 Å². The summed E-state index contributed by atoms with van der Waals surface area (Å²) in [7, 11) is -2.11. The Bertz CT molecular complexity index is 363. The second-order valence-corrected chi connectivity index (χ2v) is 12.3. The van der Waals surface area contributed by atoms with E-state index in [1.165, 1.54) is 13.0 Å². The van der Waals surface area contributed by atoms with Crippen molar-refractivity contribution in [3.63, 3.8) is 0 Å². The highest BCUT2D eigenvalue weighted by Crippen LogP contribution is 2.38. The summed E-state index contributed by atoms with van der Waals surface area (Å²) in [5.74, 6) is -0.479. The number of esters is 1. The Kier molecular flexibility index (Phi) is 7.63. The number of aliphatic hydroxyl groups is 1. The van der Waals surface area contributed by atoms with Crippen LogP contribution in [0.3, 0.4) is 0 Å². The minimum absolute atomic E-state index is 0.0120. The lowest BCUT2D eigenvalue weighted by atomic mass is 10.1. The first kappa shape index (κ1) is 20.6. The Morgan fingerprint density at radius 3 is 2.14 bits per heavy atom. The molecule has 0 fully saturated rings. The molecule has 0 aromatic rings. The second-order valence-electron chi connectivity index (χ2n) is 6.82. The van der Waals surface area contributed by atoms with Crippen molar-refractivity contribution in [2.24, 2.45) is 0 Å². The van der Waals surface area contributed by atoms with Crippen molar-refractivity contribution in [3.05, 3.63) is 12.7 Å². The molecule has 0 unspecified atom stereocenters. The Hall–Kier alpha value is -0.363. The Balaban J connectivity index is 5.22. The third-order valence-corrected chi connectivity index (χ3v) is 8.62. The minimum atomic E-state index is -2.11. The summed E-state index contributed by atoms with van der Waals surface area (Å²) in [6.45, 7) is 17.1. The standard InChI is InChI=1S/C15H29ClO4Si/c1-9-12(19-11(3)17)13(18)14(10(2)16)20-21(7,8)15(4,5)6/h9-10,12-14,18H,1H2,2-8H3/t10-,12+,13+,14-/m0/s1. The first-order valence-electron chi connectivity index (χ1n) is 7.13. The van der Waals surface area contributed by atoms with Gasteiger partial charge < -0.3 is 14.3 Å². The van der Waals surface area contributed by atoms with Crippen LogP contribution in [0.1, 0.15) is 34.6 Å². The van der Waals surface area contributed by atoms with Gasteiger partial charge in [-0.05, 0) is 31.1 Å². The fourth-order valence-electron chi connectivity index (χ4n) is 1.59. The highest BCUT2D eigenvalue weighted by Gasteiger charge is 2.43. The predicted molar refractivity (Wildman–Crippen MR) is 89.1 cm³/mol. The molecule has 0 aromatic heterocycles. The van der Waals surface area contributed by atoms with E-state index in [1.807, 2.05) is 0 Å². The van der Waals surface area contributed by atoms with Gasteiger partial charge in [0.25, 0.3) is 0 Å². The van der Waals surface area contributed by atoms with Gasteiger partial charge >= 0.3 is 5.97 Å². The van der Waals surface area contributed by atoms with Crippen molar-refractivity contribution in [2.45, 2.75) is 76.4 Å². The summed E-state index contributed by atoms with van der Waals surface area (Å²) in [4.78, 5) is 11.1. The van der Waals surface area contributed by atoms with Crippen LogP contribution in [0, 0.1) is 0 Å². The Morgan fingerprint density at radius 1 is 1.38 bits per heavy atom. The van der Waals surface area contributed by atoms with Crippen molar-refractivity contribution < 1.29 is 19.1 Å². The predicted octanol–water partition coefficient (Wildman–Crippen LogP) is 3.48. The molecule has 0 bridgehead atoms. The number of halogens is 1. The number of carbonyl (C=O) groups excluding carboxylic acids is 1. The van der Waals surface area contributed by atoms with Gasteiger partial charge in [0.15, 0.2) is 8.32 Å². The maximum Gasteiger partial charge on any atom is 0.303 e. The SMILES string of the molecule is C=C[C@@H](OC(C)=O)[C@@H](O)[C@@H](O[Si](C)(C)C(C)(C)C)[C@H](C)Cl. The largest absolute Gasteiger partial charge is 0.455 e. The second kappa shape index (κ2) is 7.77. The molecule has 6 heteroatoms. The lowest BCUT2D eigenvalue weighted by Crippen LogP contribution is -2.52. The molecule has 4 nitrogen and oxygen atoms in total. The molecule has 0 spiro atoms. The molecular weight excluding hydrogens is 308 g/mol. The maximum absolute atomic E-state index is 11.1. The van der Waals surface area contributed by atoms with E-state index >= 15 is 0 Å². The summed E-state index contributed by atoms with van der Waals surface area (Å²) >= 11 is 6.19. The molecular formula is C15H29ClO4Si. The van der Waals surface area contributed by atoms with Crippen LogP contribution in [-0.4, -0.2) is 43.1 Å². The molecule has 0 aliphatic carbocycles. The molecule has 0 aliphatic rings. The molecule has 124 valence electrons. The van der Waals surface area contributed by atoms with E-state index in [2.05, 4.69) is 40.4 Å². The first-order valence-corrected chi connectivity index (χ1v) is 10.5. The molecule has 0 saturated heterocycles. The van der Waals surface area contributed by atoms with Crippen molar-refractivity contribution in [1.82, 2.24) is 0 Å². The lowest BCUT2D eigenvalue weighted by molar-refractivity contribution is -0.152. The van der Waals surface area contributed by atoms with Gasteiger partial charge in [0.05, 0.1) is 11.5 Å². The van der Waals surface area contributed by atoms with Crippen LogP contribution in [0.5, 0.6) is 0 Å². The molecule has 0 radical (unpaired) electrons. The number of carbonyl (C=O) groups is 1. The summed E-state index contributed by atoms with van der Waals surface area (Å²) in [5, 5.41) is 10.0. The molecule has 4 atom stereocenters. The quantitative estimate of drug-likeness (QED) is 0.334. The van der Waals surface area contributed by atoms with Crippen LogP contribution >= 0.6 is 11.6 Å². The number of hydrogen-bond donors (Lipinski definition) is 1.